The lowest BCUT2D eigenvalue weighted by atomic mass is 10.1. The van der Waals surface area contributed by atoms with E-state index in [1.165, 1.54) is 22.5 Å². The summed E-state index contributed by atoms with van der Waals surface area (Å²) < 4.78 is 1.90. The number of benzene rings is 1. The van der Waals surface area contributed by atoms with Crippen molar-refractivity contribution in [2.75, 3.05) is 0 Å². The molecule has 7 heteroatoms. The normalized spacial score (nSPS) is 10.9. The molecule has 3 heterocycles. The van der Waals surface area contributed by atoms with E-state index in [1.54, 1.807) is 12.4 Å². The molecule has 0 atom stereocenters. The monoisotopic (exact) mass is 417 g/mol. The van der Waals surface area contributed by atoms with Gasteiger partial charge in [0.25, 0.3) is 5.91 Å². The Balaban J connectivity index is 1.44. The molecule has 30 heavy (non-hydrogen) atoms. The third kappa shape index (κ3) is 4.63. The van der Waals surface area contributed by atoms with Crippen molar-refractivity contribution < 1.29 is 4.79 Å². The van der Waals surface area contributed by atoms with Gasteiger partial charge in [-0.2, -0.15) is 5.10 Å². The van der Waals surface area contributed by atoms with Crippen molar-refractivity contribution in [2.45, 2.75) is 33.4 Å². The molecule has 3 aromatic heterocycles. The van der Waals surface area contributed by atoms with E-state index in [2.05, 4.69) is 51.6 Å². The maximum Gasteiger partial charge on any atom is 0.263 e. The number of hydrogen-bond acceptors (Lipinski definition) is 5. The number of nitrogens with one attached hydrogen (secondary N) is 1. The minimum absolute atomic E-state index is 0.129. The summed E-state index contributed by atoms with van der Waals surface area (Å²) in [6, 6.07) is 14.3. The van der Waals surface area contributed by atoms with Gasteiger partial charge >= 0.3 is 0 Å². The third-order valence-electron chi connectivity index (χ3n) is 4.81. The van der Waals surface area contributed by atoms with Gasteiger partial charge in [0, 0.05) is 25.1 Å². The lowest BCUT2D eigenvalue weighted by Crippen LogP contribution is -2.22. The molecule has 0 saturated heterocycles. The van der Waals surface area contributed by atoms with Crippen LogP contribution >= 0.6 is 11.3 Å². The molecule has 0 bridgehead atoms. The second-order valence-electron chi connectivity index (χ2n) is 7.05. The molecule has 0 saturated carbocycles. The van der Waals surface area contributed by atoms with Crippen molar-refractivity contribution >= 4 is 17.2 Å². The van der Waals surface area contributed by atoms with Crippen LogP contribution in [-0.2, 0) is 19.5 Å². The Morgan fingerprint density at radius 1 is 1.10 bits per heavy atom. The first-order valence-electron chi connectivity index (χ1n) is 9.88. The Morgan fingerprint density at radius 2 is 1.90 bits per heavy atom. The largest absolute Gasteiger partial charge is 0.347 e. The van der Waals surface area contributed by atoms with Gasteiger partial charge in [-0.15, -0.1) is 11.3 Å². The molecular formula is C23H23N5OS. The molecule has 1 N–H and O–H groups in total. The highest BCUT2D eigenvalue weighted by Crippen LogP contribution is 2.27. The zero-order valence-corrected chi connectivity index (χ0v) is 17.8. The summed E-state index contributed by atoms with van der Waals surface area (Å²) in [4.78, 5) is 21.8. The summed E-state index contributed by atoms with van der Waals surface area (Å²) in [7, 11) is 0. The maximum atomic E-state index is 12.6. The van der Waals surface area contributed by atoms with E-state index in [0.717, 1.165) is 22.7 Å². The molecule has 4 rings (SSSR count). The molecule has 0 radical (unpaired) electrons. The summed E-state index contributed by atoms with van der Waals surface area (Å²) in [6.07, 6.45) is 6.44. The molecule has 0 fully saturated rings. The van der Waals surface area contributed by atoms with Crippen LogP contribution in [0, 0.1) is 6.92 Å². The van der Waals surface area contributed by atoms with Crippen LogP contribution in [0.2, 0.25) is 0 Å². The van der Waals surface area contributed by atoms with E-state index in [1.807, 2.05) is 36.0 Å². The Kier molecular flexibility index (Phi) is 5.99. The van der Waals surface area contributed by atoms with Crippen LogP contribution in [0.1, 0.15) is 39.0 Å². The molecule has 4 aromatic rings. The summed E-state index contributed by atoms with van der Waals surface area (Å²) in [5.74, 6) is -0.129. The van der Waals surface area contributed by atoms with Crippen molar-refractivity contribution in [3.8, 4) is 10.7 Å². The molecule has 6 nitrogen and oxygen atoms in total. The lowest BCUT2D eigenvalue weighted by Gasteiger charge is -2.03. The molecular weight excluding hydrogens is 394 g/mol. The lowest BCUT2D eigenvalue weighted by molar-refractivity contribution is 0.0954. The smallest absolute Gasteiger partial charge is 0.263 e. The van der Waals surface area contributed by atoms with Crippen LogP contribution in [0.4, 0.5) is 0 Å². The van der Waals surface area contributed by atoms with Crippen LogP contribution in [0.3, 0.4) is 0 Å². The zero-order chi connectivity index (χ0) is 20.9. The average molecular weight is 418 g/mol. The van der Waals surface area contributed by atoms with E-state index >= 15 is 0 Å². The van der Waals surface area contributed by atoms with Crippen molar-refractivity contribution in [3.05, 3.63) is 88.3 Å². The summed E-state index contributed by atoms with van der Waals surface area (Å²) >= 11 is 1.37. The van der Waals surface area contributed by atoms with Gasteiger partial charge in [-0.05, 0) is 42.2 Å². The number of aromatic nitrogens is 4. The second kappa shape index (κ2) is 9.00. The highest BCUT2D eigenvalue weighted by Gasteiger charge is 2.17. The van der Waals surface area contributed by atoms with E-state index < -0.39 is 0 Å². The van der Waals surface area contributed by atoms with Gasteiger partial charge in [0.1, 0.15) is 15.6 Å². The summed E-state index contributed by atoms with van der Waals surface area (Å²) in [6.45, 7) is 5.14. The van der Waals surface area contributed by atoms with Gasteiger partial charge in [0.2, 0.25) is 0 Å². The zero-order valence-electron chi connectivity index (χ0n) is 17.0. The number of aryl methyl sites for hydroxylation is 2. The fourth-order valence-corrected chi connectivity index (χ4v) is 4.06. The molecule has 1 amide bonds. The predicted octanol–water partition coefficient (Wildman–Crippen LogP) is 4.25. The molecule has 1 aromatic carbocycles. The molecule has 152 valence electrons. The van der Waals surface area contributed by atoms with Crippen LogP contribution in [0.15, 0.2) is 61.1 Å². The SMILES string of the molecule is CCc1ccc(Cn2ccc(-c3nc(C)c(C(=O)NCc4cccnc4)s3)n2)cc1. The Hall–Kier alpha value is -3.32. The van der Waals surface area contributed by atoms with Crippen LogP contribution in [-0.4, -0.2) is 25.7 Å². The van der Waals surface area contributed by atoms with Gasteiger partial charge in [-0.1, -0.05) is 37.3 Å². The number of hydrogen-bond donors (Lipinski definition) is 1. The van der Waals surface area contributed by atoms with Crippen LogP contribution in [0.5, 0.6) is 0 Å². The summed E-state index contributed by atoms with van der Waals surface area (Å²) in [5, 5.41) is 8.33. The Bertz CT molecular complexity index is 1130. The first kappa shape index (κ1) is 20.0. The highest BCUT2D eigenvalue weighted by atomic mass is 32.1. The first-order chi connectivity index (χ1) is 14.6. The topological polar surface area (TPSA) is 72.7 Å². The van der Waals surface area contributed by atoms with Gasteiger partial charge in [-0.3, -0.25) is 14.5 Å². The first-order valence-corrected chi connectivity index (χ1v) is 10.7. The number of carbonyl (C=O) groups excluding carboxylic acids is 1. The predicted molar refractivity (Wildman–Crippen MR) is 118 cm³/mol. The van der Waals surface area contributed by atoms with Crippen molar-refractivity contribution in [2.24, 2.45) is 0 Å². The van der Waals surface area contributed by atoms with E-state index in [0.29, 0.717) is 23.7 Å². The number of carbonyl (C=O) groups is 1. The Labute approximate surface area is 179 Å². The number of rotatable bonds is 7. The molecule has 0 aliphatic carbocycles. The van der Waals surface area contributed by atoms with Crippen molar-refractivity contribution in [1.29, 1.82) is 0 Å². The fraction of sp³-hybridized carbons (Fsp3) is 0.217. The van der Waals surface area contributed by atoms with Gasteiger partial charge in [0.05, 0.1) is 12.2 Å². The van der Waals surface area contributed by atoms with Crippen LogP contribution in [0.25, 0.3) is 10.7 Å². The standard InChI is InChI=1S/C23H23N5OS/c1-3-17-6-8-18(9-7-17)15-28-12-10-20(27-28)23-26-16(2)21(30-23)22(29)25-14-19-5-4-11-24-13-19/h4-13H,3,14-15H2,1-2H3,(H,25,29). The number of pyridine rings is 1. The van der Waals surface area contributed by atoms with E-state index in [-0.39, 0.29) is 5.91 Å². The quantitative estimate of drug-likeness (QED) is 0.488. The van der Waals surface area contributed by atoms with Gasteiger partial charge < -0.3 is 5.32 Å². The minimum Gasteiger partial charge on any atom is -0.347 e. The highest BCUT2D eigenvalue weighted by molar-refractivity contribution is 7.17. The second-order valence-corrected chi connectivity index (χ2v) is 8.05. The average Bonchev–Trinajstić information content (AvgIpc) is 3.40. The van der Waals surface area contributed by atoms with Gasteiger partial charge in [-0.25, -0.2) is 4.98 Å². The summed E-state index contributed by atoms with van der Waals surface area (Å²) in [5.41, 5.74) is 4.97. The minimum atomic E-state index is -0.129. The molecule has 0 spiro atoms. The van der Waals surface area contributed by atoms with Crippen molar-refractivity contribution in [1.82, 2.24) is 25.1 Å². The third-order valence-corrected chi connectivity index (χ3v) is 5.99. The molecule has 0 aliphatic rings. The van der Waals surface area contributed by atoms with E-state index in [9.17, 15) is 4.79 Å². The van der Waals surface area contributed by atoms with Crippen molar-refractivity contribution in [3.63, 3.8) is 0 Å². The molecule has 0 aliphatic heterocycles. The number of thiazole rings is 1. The number of nitrogens with zero attached hydrogens (tertiary/aromatic N) is 4. The Morgan fingerprint density at radius 3 is 2.63 bits per heavy atom. The maximum absolute atomic E-state index is 12.6. The van der Waals surface area contributed by atoms with Gasteiger partial charge in [0.15, 0.2) is 0 Å². The van der Waals surface area contributed by atoms with E-state index in [4.69, 9.17) is 0 Å². The molecule has 0 unspecified atom stereocenters. The van der Waals surface area contributed by atoms with Crippen LogP contribution < -0.4 is 5.32 Å². The number of amides is 1. The fourth-order valence-electron chi connectivity index (χ4n) is 3.11.